The number of anilines is 1. The lowest BCUT2D eigenvalue weighted by molar-refractivity contribution is -0.142. The van der Waals surface area contributed by atoms with Gasteiger partial charge in [-0.3, -0.25) is 4.79 Å². The molecule has 2 N–H and O–H groups in total. The van der Waals surface area contributed by atoms with Gasteiger partial charge in [-0.2, -0.15) is 13.9 Å². The maximum atomic E-state index is 13.3. The average molecular weight is 701 g/mol. The van der Waals surface area contributed by atoms with E-state index in [9.17, 15) is 26.8 Å². The number of carboxylic acid groups (broad SMARTS) is 1. The van der Waals surface area contributed by atoms with E-state index in [1.165, 1.54) is 43.5 Å². The van der Waals surface area contributed by atoms with Gasteiger partial charge in [-0.05, 0) is 42.0 Å². The molecule has 260 valence electrons. The average Bonchev–Trinajstić information content (AvgIpc) is 3.78. The third kappa shape index (κ3) is 9.33. The minimum atomic E-state index is -3.45. The number of aromatic nitrogens is 4. The van der Waals surface area contributed by atoms with Crippen molar-refractivity contribution in [1.29, 1.82) is 0 Å². The van der Waals surface area contributed by atoms with Crippen LogP contribution in [0.3, 0.4) is 0 Å². The first-order valence-corrected chi connectivity index (χ1v) is 16.9. The summed E-state index contributed by atoms with van der Waals surface area (Å²) in [4.78, 5) is 34.9. The number of hydrogen-bond acceptors (Lipinski definition) is 11. The normalized spacial score (nSPS) is 16.9. The fraction of sp³-hybridized carbons (Fsp3) is 0.344. The number of carbonyl (C=O) groups is 2. The van der Waals surface area contributed by atoms with Crippen LogP contribution in [0.1, 0.15) is 35.3 Å². The van der Waals surface area contributed by atoms with E-state index >= 15 is 0 Å². The standard InChI is InChI=1S/C32H34F2N6O8S/c1-2-49(44,45)26-8-4-21(5-9-26)27(19-46-20-30(41)42)38-31(43)22-6-10-28(35-15-22)39-17-25(14-24(39)18-47-32(33)34)48-29-11-7-23(16-36-29)40-13-3-12-37-40/h3-13,15-16,24-25,27,32H,2,14,17-20H2,1H3,(H,38,43)(H,41,42)/t24-,25-,27-/m0/s1. The third-order valence-corrected chi connectivity index (χ3v) is 9.46. The van der Waals surface area contributed by atoms with Gasteiger partial charge in [0.15, 0.2) is 9.84 Å². The van der Waals surface area contributed by atoms with Crippen LogP contribution in [-0.2, 0) is 24.1 Å². The Morgan fingerprint density at radius 2 is 1.88 bits per heavy atom. The lowest BCUT2D eigenvalue weighted by Crippen LogP contribution is -2.35. The van der Waals surface area contributed by atoms with Crippen molar-refractivity contribution in [2.45, 2.75) is 43.0 Å². The Kier molecular flexibility index (Phi) is 11.5. The lowest BCUT2D eigenvalue weighted by Gasteiger charge is -2.25. The van der Waals surface area contributed by atoms with Crippen LogP contribution < -0.4 is 15.0 Å². The number of pyridine rings is 2. The molecule has 3 atom stereocenters. The number of hydrogen-bond donors (Lipinski definition) is 2. The second kappa shape index (κ2) is 15.9. The summed E-state index contributed by atoms with van der Waals surface area (Å²) in [7, 11) is -3.45. The first-order valence-electron chi connectivity index (χ1n) is 15.2. The summed E-state index contributed by atoms with van der Waals surface area (Å²) >= 11 is 0. The zero-order valence-electron chi connectivity index (χ0n) is 26.3. The number of ether oxygens (including phenoxy) is 3. The van der Waals surface area contributed by atoms with Gasteiger partial charge in [0.1, 0.15) is 18.5 Å². The number of halogens is 2. The number of aliphatic carboxylic acids is 1. The number of amides is 1. The van der Waals surface area contributed by atoms with Crippen LogP contribution in [0.25, 0.3) is 5.69 Å². The molecule has 0 saturated carbocycles. The SMILES string of the molecule is CCS(=O)(=O)c1ccc([C@H](COCC(=O)O)NC(=O)c2ccc(N3C[C@@H](Oc4ccc(-n5cccn5)cn4)C[C@H]3COC(F)F)nc2)cc1. The van der Waals surface area contributed by atoms with Crippen LogP contribution in [0.15, 0.2) is 84.3 Å². The van der Waals surface area contributed by atoms with Crippen LogP contribution in [0.5, 0.6) is 5.88 Å². The number of rotatable bonds is 16. The Bertz CT molecular complexity index is 1790. The summed E-state index contributed by atoms with van der Waals surface area (Å²) in [6.07, 6.45) is 6.27. The van der Waals surface area contributed by atoms with Crippen molar-refractivity contribution >= 4 is 27.5 Å². The van der Waals surface area contributed by atoms with Crippen molar-refractivity contribution in [2.75, 3.05) is 37.0 Å². The predicted octanol–water partition coefficient (Wildman–Crippen LogP) is 3.29. The molecular formula is C32H34F2N6O8S. The molecule has 1 aliphatic heterocycles. The summed E-state index contributed by atoms with van der Waals surface area (Å²) in [5.74, 6) is -1.08. The molecule has 1 fully saturated rings. The van der Waals surface area contributed by atoms with E-state index in [4.69, 9.17) is 14.6 Å². The van der Waals surface area contributed by atoms with E-state index in [0.717, 1.165) is 5.69 Å². The third-order valence-electron chi connectivity index (χ3n) is 7.71. The molecule has 0 bridgehead atoms. The van der Waals surface area contributed by atoms with Gasteiger partial charge in [0.25, 0.3) is 5.91 Å². The number of sulfone groups is 1. The molecule has 3 aromatic heterocycles. The molecule has 1 aromatic carbocycles. The van der Waals surface area contributed by atoms with E-state index in [-0.39, 0.29) is 36.0 Å². The highest BCUT2D eigenvalue weighted by atomic mass is 32.2. The van der Waals surface area contributed by atoms with Gasteiger partial charge in [-0.25, -0.2) is 27.9 Å². The van der Waals surface area contributed by atoms with Gasteiger partial charge < -0.3 is 29.5 Å². The Hall–Kier alpha value is -5.00. The minimum absolute atomic E-state index is 0.0826. The second-order valence-corrected chi connectivity index (χ2v) is 13.3. The van der Waals surface area contributed by atoms with Crippen molar-refractivity contribution in [2.24, 2.45) is 0 Å². The molecule has 0 spiro atoms. The number of carboxylic acids is 1. The summed E-state index contributed by atoms with van der Waals surface area (Å²) in [5.41, 5.74) is 1.39. The largest absolute Gasteiger partial charge is 0.480 e. The molecule has 4 heterocycles. The summed E-state index contributed by atoms with van der Waals surface area (Å²) in [6.45, 7) is -2.24. The minimum Gasteiger partial charge on any atom is -0.480 e. The first kappa shape index (κ1) is 35.3. The van der Waals surface area contributed by atoms with E-state index < -0.39 is 53.1 Å². The second-order valence-electron chi connectivity index (χ2n) is 11.0. The molecule has 0 aliphatic carbocycles. The molecule has 1 amide bonds. The fourth-order valence-electron chi connectivity index (χ4n) is 5.24. The van der Waals surface area contributed by atoms with E-state index in [1.807, 2.05) is 0 Å². The van der Waals surface area contributed by atoms with Gasteiger partial charge in [-0.15, -0.1) is 0 Å². The van der Waals surface area contributed by atoms with Gasteiger partial charge in [-0.1, -0.05) is 19.1 Å². The van der Waals surface area contributed by atoms with Gasteiger partial charge in [0.05, 0.1) is 59.9 Å². The number of carbonyl (C=O) groups excluding carboxylic acids is 1. The molecule has 1 saturated heterocycles. The fourth-order valence-corrected chi connectivity index (χ4v) is 6.13. The first-order chi connectivity index (χ1) is 23.5. The number of benzene rings is 1. The number of nitrogens with zero attached hydrogens (tertiary/aromatic N) is 5. The highest BCUT2D eigenvalue weighted by Gasteiger charge is 2.35. The molecular weight excluding hydrogens is 666 g/mol. The Morgan fingerprint density at radius 1 is 1.08 bits per heavy atom. The highest BCUT2D eigenvalue weighted by Crippen LogP contribution is 2.28. The van der Waals surface area contributed by atoms with Crippen LogP contribution in [0.4, 0.5) is 14.6 Å². The smallest absolute Gasteiger partial charge is 0.345 e. The molecule has 4 aromatic rings. The monoisotopic (exact) mass is 700 g/mol. The summed E-state index contributed by atoms with van der Waals surface area (Å²) in [6, 6.07) is 12.9. The van der Waals surface area contributed by atoms with Crippen molar-refractivity contribution in [3.05, 3.63) is 90.5 Å². The predicted molar refractivity (Wildman–Crippen MR) is 171 cm³/mol. The molecule has 49 heavy (non-hydrogen) atoms. The Balaban J connectivity index is 1.27. The molecule has 1 aliphatic rings. The topological polar surface area (TPSA) is 175 Å². The van der Waals surface area contributed by atoms with Crippen LogP contribution in [-0.4, -0.2) is 96.0 Å². The van der Waals surface area contributed by atoms with E-state index in [1.54, 1.807) is 52.4 Å². The Morgan fingerprint density at radius 3 is 2.49 bits per heavy atom. The van der Waals surface area contributed by atoms with Crippen molar-refractivity contribution < 1.29 is 46.1 Å². The van der Waals surface area contributed by atoms with Gasteiger partial charge >= 0.3 is 12.6 Å². The van der Waals surface area contributed by atoms with Crippen molar-refractivity contribution in [3.8, 4) is 11.6 Å². The van der Waals surface area contributed by atoms with Crippen molar-refractivity contribution in [3.63, 3.8) is 0 Å². The van der Waals surface area contributed by atoms with Crippen LogP contribution in [0, 0.1) is 0 Å². The number of nitrogens with one attached hydrogen (secondary N) is 1. The molecule has 17 heteroatoms. The molecule has 0 unspecified atom stereocenters. The summed E-state index contributed by atoms with van der Waals surface area (Å²) < 4.78 is 68.0. The van der Waals surface area contributed by atoms with E-state index in [2.05, 4.69) is 25.1 Å². The van der Waals surface area contributed by atoms with E-state index in [0.29, 0.717) is 23.7 Å². The Labute approximate surface area is 280 Å². The molecule has 0 radical (unpaired) electrons. The maximum absolute atomic E-state index is 13.3. The van der Waals surface area contributed by atoms with Crippen molar-refractivity contribution in [1.82, 2.24) is 25.1 Å². The summed E-state index contributed by atoms with van der Waals surface area (Å²) in [5, 5.41) is 15.9. The highest BCUT2D eigenvalue weighted by molar-refractivity contribution is 7.91. The van der Waals surface area contributed by atoms with Crippen LogP contribution in [0.2, 0.25) is 0 Å². The van der Waals surface area contributed by atoms with Crippen LogP contribution >= 0.6 is 0 Å². The van der Waals surface area contributed by atoms with Gasteiger partial charge in [0.2, 0.25) is 5.88 Å². The number of alkyl halides is 2. The van der Waals surface area contributed by atoms with Gasteiger partial charge in [0, 0.05) is 31.1 Å². The lowest BCUT2D eigenvalue weighted by atomic mass is 10.1. The zero-order valence-corrected chi connectivity index (χ0v) is 27.1. The maximum Gasteiger partial charge on any atom is 0.345 e. The molecule has 5 rings (SSSR count). The molecule has 14 nitrogen and oxygen atoms in total. The zero-order chi connectivity index (χ0) is 35.0. The quantitative estimate of drug-likeness (QED) is 0.175.